The van der Waals surface area contributed by atoms with E-state index in [0.717, 1.165) is 11.8 Å². The lowest BCUT2D eigenvalue weighted by Gasteiger charge is -2.31. The highest BCUT2D eigenvalue weighted by molar-refractivity contribution is 6.38. The van der Waals surface area contributed by atoms with Gasteiger partial charge in [0.25, 0.3) is 0 Å². The Morgan fingerprint density at radius 1 is 0.857 bits per heavy atom. The smallest absolute Gasteiger partial charge is 0.117 e. The molecule has 1 aromatic carbocycles. The van der Waals surface area contributed by atoms with E-state index in [0.29, 0.717) is 0 Å². The fourth-order valence-electron chi connectivity index (χ4n) is 4.54. The summed E-state index contributed by atoms with van der Waals surface area (Å²) in [6, 6.07) is 7.12. The Hall–Kier alpha value is -0.763. The van der Waals surface area contributed by atoms with Crippen LogP contribution in [0.25, 0.3) is 0 Å². The molecular weight excluding hydrogens is 270 g/mol. The van der Waals surface area contributed by atoms with E-state index in [1.165, 1.54) is 69.9 Å². The standard InChI is InChI=1S/C19H31NSi/c1-21-20-18-14-8-13-17(15-9-4-2-5-10-15)19(18)16-11-6-3-7-12-16/h8,13-16,20H,2-7,9-12,21H2,1H3. The first-order valence-corrected chi connectivity index (χ1v) is 11.4. The van der Waals surface area contributed by atoms with E-state index >= 15 is 0 Å². The van der Waals surface area contributed by atoms with Crippen LogP contribution in [0.1, 0.15) is 87.2 Å². The summed E-state index contributed by atoms with van der Waals surface area (Å²) in [6.07, 6.45) is 14.3. The van der Waals surface area contributed by atoms with Crippen LogP contribution in [0.4, 0.5) is 5.69 Å². The van der Waals surface area contributed by atoms with Crippen molar-refractivity contribution in [3.05, 3.63) is 29.3 Å². The molecule has 0 aromatic heterocycles. The van der Waals surface area contributed by atoms with E-state index in [1.54, 1.807) is 11.1 Å². The molecule has 116 valence electrons. The summed E-state index contributed by atoms with van der Waals surface area (Å²) in [5.74, 6) is 1.68. The van der Waals surface area contributed by atoms with E-state index in [-0.39, 0.29) is 9.68 Å². The Kier molecular flexibility index (Phi) is 5.40. The first-order valence-electron chi connectivity index (χ1n) is 9.27. The summed E-state index contributed by atoms with van der Waals surface area (Å²) in [6.45, 7) is 2.36. The van der Waals surface area contributed by atoms with Gasteiger partial charge >= 0.3 is 0 Å². The molecule has 0 spiro atoms. The number of hydrogen-bond donors (Lipinski definition) is 1. The van der Waals surface area contributed by atoms with Crippen molar-refractivity contribution in [2.75, 3.05) is 4.98 Å². The molecule has 0 heterocycles. The van der Waals surface area contributed by atoms with Crippen LogP contribution in [0.15, 0.2) is 18.2 Å². The monoisotopic (exact) mass is 301 g/mol. The van der Waals surface area contributed by atoms with Gasteiger partial charge < -0.3 is 4.98 Å². The van der Waals surface area contributed by atoms with Gasteiger partial charge in [-0.25, -0.2) is 0 Å². The zero-order chi connectivity index (χ0) is 14.5. The summed E-state index contributed by atoms with van der Waals surface area (Å²) >= 11 is 0. The molecule has 2 aliphatic carbocycles. The second-order valence-electron chi connectivity index (χ2n) is 7.01. The highest BCUT2D eigenvalue weighted by Crippen LogP contribution is 2.43. The minimum Gasteiger partial charge on any atom is -0.416 e. The van der Waals surface area contributed by atoms with E-state index < -0.39 is 0 Å². The van der Waals surface area contributed by atoms with Gasteiger partial charge in [0.15, 0.2) is 0 Å². The Morgan fingerprint density at radius 3 is 2.10 bits per heavy atom. The van der Waals surface area contributed by atoms with Crippen LogP contribution < -0.4 is 4.98 Å². The molecule has 1 nitrogen and oxygen atoms in total. The molecule has 0 aliphatic heterocycles. The van der Waals surface area contributed by atoms with Crippen molar-refractivity contribution < 1.29 is 0 Å². The number of anilines is 1. The molecule has 1 aromatic rings. The molecule has 0 radical (unpaired) electrons. The van der Waals surface area contributed by atoms with Gasteiger partial charge in [-0.1, -0.05) is 57.2 Å². The predicted octanol–water partition coefficient (Wildman–Crippen LogP) is 5.33. The molecule has 0 atom stereocenters. The lowest BCUT2D eigenvalue weighted by molar-refractivity contribution is 0.419. The van der Waals surface area contributed by atoms with Crippen LogP contribution in [0.5, 0.6) is 0 Å². The Bertz CT molecular complexity index is 445. The third kappa shape index (κ3) is 3.53. The van der Waals surface area contributed by atoms with Gasteiger partial charge in [0.2, 0.25) is 0 Å². The first kappa shape index (κ1) is 15.1. The van der Waals surface area contributed by atoms with Crippen LogP contribution in [0.2, 0.25) is 6.55 Å². The molecule has 2 fully saturated rings. The summed E-state index contributed by atoms with van der Waals surface area (Å²) < 4.78 is 0. The molecule has 0 unspecified atom stereocenters. The number of nitrogens with one attached hydrogen (secondary N) is 1. The Morgan fingerprint density at radius 2 is 1.48 bits per heavy atom. The molecule has 0 bridgehead atoms. The quantitative estimate of drug-likeness (QED) is 0.742. The van der Waals surface area contributed by atoms with Crippen LogP contribution in [0.3, 0.4) is 0 Å². The second kappa shape index (κ2) is 7.48. The molecule has 2 aliphatic rings. The van der Waals surface area contributed by atoms with Crippen molar-refractivity contribution in [1.82, 2.24) is 0 Å². The zero-order valence-corrected chi connectivity index (χ0v) is 15.1. The lowest BCUT2D eigenvalue weighted by atomic mass is 9.75. The summed E-state index contributed by atoms with van der Waals surface area (Å²) in [5.41, 5.74) is 4.95. The highest BCUT2D eigenvalue weighted by Gasteiger charge is 2.25. The van der Waals surface area contributed by atoms with Crippen LogP contribution >= 0.6 is 0 Å². The Labute approximate surface area is 132 Å². The van der Waals surface area contributed by atoms with Gasteiger partial charge in [0.1, 0.15) is 9.68 Å². The van der Waals surface area contributed by atoms with Gasteiger partial charge in [-0.2, -0.15) is 0 Å². The van der Waals surface area contributed by atoms with Gasteiger partial charge in [-0.15, -0.1) is 0 Å². The summed E-state index contributed by atoms with van der Waals surface area (Å²) in [4.78, 5) is 3.79. The minimum atomic E-state index is -0.136. The average molecular weight is 302 g/mol. The molecule has 2 saturated carbocycles. The molecule has 0 saturated heterocycles. The minimum absolute atomic E-state index is 0.136. The maximum absolute atomic E-state index is 3.79. The molecule has 1 N–H and O–H groups in total. The highest BCUT2D eigenvalue weighted by atomic mass is 28.2. The van der Waals surface area contributed by atoms with Crippen molar-refractivity contribution in [1.29, 1.82) is 0 Å². The van der Waals surface area contributed by atoms with Crippen molar-refractivity contribution in [3.63, 3.8) is 0 Å². The molecule has 2 heteroatoms. The lowest BCUT2D eigenvalue weighted by Crippen LogP contribution is -2.15. The van der Waals surface area contributed by atoms with Crippen molar-refractivity contribution in [2.45, 2.75) is 82.6 Å². The van der Waals surface area contributed by atoms with Crippen LogP contribution in [0, 0.1) is 0 Å². The van der Waals surface area contributed by atoms with Gasteiger partial charge in [0, 0.05) is 5.69 Å². The summed E-state index contributed by atoms with van der Waals surface area (Å²) in [5, 5.41) is 0. The fourth-order valence-corrected chi connectivity index (χ4v) is 5.23. The van der Waals surface area contributed by atoms with Crippen LogP contribution in [-0.4, -0.2) is 9.68 Å². The SMILES string of the molecule is C[SiH2]Nc1cccc(C2CCCCC2)c1C1CCCCC1. The van der Waals surface area contributed by atoms with Crippen molar-refractivity contribution >= 4 is 15.4 Å². The molecule has 3 rings (SSSR count). The number of benzene rings is 1. The second-order valence-corrected chi connectivity index (χ2v) is 8.07. The topological polar surface area (TPSA) is 12.0 Å². The molecular formula is C19H31NSi. The predicted molar refractivity (Wildman–Crippen MR) is 96.1 cm³/mol. The Balaban J connectivity index is 1.94. The molecule has 21 heavy (non-hydrogen) atoms. The number of hydrogen-bond acceptors (Lipinski definition) is 1. The van der Waals surface area contributed by atoms with Crippen molar-refractivity contribution in [2.24, 2.45) is 0 Å². The van der Waals surface area contributed by atoms with E-state index in [9.17, 15) is 0 Å². The third-order valence-electron chi connectivity index (χ3n) is 5.57. The van der Waals surface area contributed by atoms with Crippen LogP contribution in [-0.2, 0) is 0 Å². The maximum Gasteiger partial charge on any atom is 0.117 e. The van der Waals surface area contributed by atoms with Gasteiger partial charge in [-0.3, -0.25) is 0 Å². The molecule has 0 amide bonds. The van der Waals surface area contributed by atoms with Gasteiger partial charge in [-0.05, 0) is 54.7 Å². The largest absolute Gasteiger partial charge is 0.416 e. The average Bonchev–Trinajstić information content (AvgIpc) is 2.56. The third-order valence-corrected chi connectivity index (χ3v) is 6.30. The zero-order valence-electron chi connectivity index (χ0n) is 13.7. The van der Waals surface area contributed by atoms with Crippen molar-refractivity contribution in [3.8, 4) is 0 Å². The summed E-state index contributed by atoms with van der Waals surface area (Å²) in [7, 11) is -0.136. The van der Waals surface area contributed by atoms with E-state index in [4.69, 9.17) is 0 Å². The first-order chi connectivity index (χ1) is 10.4. The fraction of sp³-hybridized carbons (Fsp3) is 0.684. The number of rotatable bonds is 4. The maximum atomic E-state index is 3.79. The van der Waals surface area contributed by atoms with E-state index in [2.05, 4.69) is 29.7 Å². The van der Waals surface area contributed by atoms with Gasteiger partial charge in [0.05, 0.1) is 0 Å². The van der Waals surface area contributed by atoms with E-state index in [1.807, 2.05) is 0 Å². The normalized spacial score (nSPS) is 22.0.